The molecule has 2 aliphatic rings. The molecule has 0 saturated carbocycles. The van der Waals surface area contributed by atoms with Crippen LogP contribution in [0.25, 0.3) is 112 Å². The SMILES string of the molecule is CNC(=O)c1c(-c2ccc(C)nc2)oc2cc(N(C)S(C)(=O)=O)c(-c3ccc4c(n3)-c3cc5c(F)cccc5n3CO4)cc12.CNC(=O)c1c(-c2ccc(OC)nc2)oc2cc(N(C)S(C)(=O)=O)c(-c3ccc4c(n3)-c3cc5c(F)cccc5n3CO4)cc12. The first-order valence-corrected chi connectivity index (χ1v) is 31.1. The largest absolute Gasteiger partial charge is 0.481 e. The monoisotopic (exact) mass is 1240 g/mol. The zero-order chi connectivity index (χ0) is 62.5. The summed E-state index contributed by atoms with van der Waals surface area (Å²) in [7, 11) is -0.0517. The zero-order valence-corrected chi connectivity index (χ0v) is 50.4. The highest BCUT2D eigenvalue weighted by molar-refractivity contribution is 7.92. The van der Waals surface area contributed by atoms with Crippen molar-refractivity contribution in [1.82, 2.24) is 39.7 Å². The highest BCUT2D eigenvalue weighted by atomic mass is 32.2. The quantitative estimate of drug-likeness (QED) is 0.122. The predicted octanol–water partition coefficient (Wildman–Crippen LogP) is 11.2. The van der Waals surface area contributed by atoms with Crippen LogP contribution < -0.4 is 33.5 Å². The number of hydrogen-bond acceptors (Lipinski definition) is 15. The molecule has 2 amide bonds. The second-order valence-corrected chi connectivity index (χ2v) is 25.2. The van der Waals surface area contributed by atoms with Crippen molar-refractivity contribution >= 4 is 87.0 Å². The number of rotatable bonds is 11. The van der Waals surface area contributed by atoms with Gasteiger partial charge < -0.3 is 42.8 Å². The number of carbonyl (C=O) groups excluding carboxylic acids is 2. The van der Waals surface area contributed by atoms with E-state index in [1.54, 1.807) is 91.1 Å². The first kappa shape index (κ1) is 57.4. The number of nitrogens with zero attached hydrogens (tertiary/aromatic N) is 8. The minimum Gasteiger partial charge on any atom is -0.481 e. The molecular weight excluding hydrogens is 1190 g/mol. The van der Waals surface area contributed by atoms with Gasteiger partial charge in [-0.1, -0.05) is 12.1 Å². The van der Waals surface area contributed by atoms with Crippen LogP contribution in [0.2, 0.25) is 0 Å². The maximum Gasteiger partial charge on any atom is 0.255 e. The molecule has 89 heavy (non-hydrogen) atoms. The van der Waals surface area contributed by atoms with Gasteiger partial charge in [0, 0.05) is 108 Å². The number of carbonyl (C=O) groups is 2. The molecule has 0 radical (unpaired) electrons. The number of amides is 2. The number of ether oxygens (including phenoxy) is 3. The van der Waals surface area contributed by atoms with Gasteiger partial charge in [0.15, 0.2) is 13.5 Å². The molecule has 14 rings (SSSR count). The Morgan fingerprint density at radius 3 is 1.43 bits per heavy atom. The summed E-state index contributed by atoms with van der Waals surface area (Å²) in [5, 5.41) is 7.13. The summed E-state index contributed by atoms with van der Waals surface area (Å²) in [6, 6.07) is 33.6. The van der Waals surface area contributed by atoms with Crippen LogP contribution >= 0.6 is 0 Å². The molecule has 2 aliphatic heterocycles. The molecule has 0 bridgehead atoms. The van der Waals surface area contributed by atoms with Gasteiger partial charge in [0.2, 0.25) is 25.9 Å². The lowest BCUT2D eigenvalue weighted by Crippen LogP contribution is -2.25. The van der Waals surface area contributed by atoms with Gasteiger partial charge in [0.05, 0.1) is 75.9 Å². The number of methoxy groups -OCH3 is 1. The van der Waals surface area contributed by atoms with Crippen LogP contribution in [0.3, 0.4) is 0 Å². The second-order valence-electron chi connectivity index (χ2n) is 21.1. The number of hydrogen-bond donors (Lipinski definition) is 2. The van der Waals surface area contributed by atoms with Gasteiger partial charge in [-0.05, 0) is 97.9 Å². The molecule has 8 aromatic heterocycles. The number of furan rings is 2. The fraction of sp³-hybridized carbons (Fsp3) is 0.156. The molecular formula is C64H52F2N10O11S2. The Morgan fingerprint density at radius 2 is 1.03 bits per heavy atom. The molecule has 4 aromatic carbocycles. The predicted molar refractivity (Wildman–Crippen MR) is 333 cm³/mol. The Balaban J connectivity index is 0.000000164. The van der Waals surface area contributed by atoms with E-state index in [0.29, 0.717) is 123 Å². The Hall–Kier alpha value is -10.7. The number of pyridine rings is 4. The number of nitrogens with one attached hydrogen (secondary N) is 2. The fourth-order valence-corrected chi connectivity index (χ4v) is 12.1. The zero-order valence-electron chi connectivity index (χ0n) is 48.8. The molecule has 12 aromatic rings. The average Bonchev–Trinajstić information content (AvgIpc) is 1.83. The molecule has 0 fully saturated rings. The van der Waals surface area contributed by atoms with E-state index in [4.69, 9.17) is 33.0 Å². The summed E-state index contributed by atoms with van der Waals surface area (Å²) in [6.07, 6.45) is 5.34. The van der Waals surface area contributed by atoms with Crippen LogP contribution in [0.15, 0.2) is 143 Å². The standard InChI is InChI=1S/C32H26FN5O6S.C32H26FN5O5S/c1-34-32(39)29-20-12-19(22-9-10-26-30(36-22)25-13-18-21(33)6-5-7-23(18)38(25)16-43-26)24(37(2)45(4,40)41)14-27(20)44-31(29)17-8-11-28(42-3)35-15-17;1-17-8-9-18(15-35-17)31-29(32(39)34-2)21-12-20(25(14-28(21)43-31)37(3)44(4,40)41)23-10-11-27-30(36-23)26-13-19-22(33)6-5-7-24(19)38(26)16-42-27/h5-15H,16H2,1-4H3,(H,34,39);5-15H,16H2,1-4H3,(H,34,39). The first-order valence-electron chi connectivity index (χ1n) is 27.4. The Kier molecular flexibility index (Phi) is 14.0. The van der Waals surface area contributed by atoms with Crippen molar-refractivity contribution in [3.05, 3.63) is 162 Å². The van der Waals surface area contributed by atoms with Crippen molar-refractivity contribution in [2.24, 2.45) is 0 Å². The molecule has 0 saturated heterocycles. The van der Waals surface area contributed by atoms with E-state index in [0.717, 1.165) is 26.8 Å². The molecule has 0 unspecified atom stereocenters. The maximum atomic E-state index is 14.7. The van der Waals surface area contributed by atoms with E-state index in [2.05, 4.69) is 20.6 Å². The van der Waals surface area contributed by atoms with Crippen molar-refractivity contribution in [3.63, 3.8) is 0 Å². The van der Waals surface area contributed by atoms with Gasteiger partial charge >= 0.3 is 0 Å². The lowest BCUT2D eigenvalue weighted by molar-refractivity contribution is 0.0956. The highest BCUT2D eigenvalue weighted by Gasteiger charge is 2.32. The van der Waals surface area contributed by atoms with Crippen molar-refractivity contribution in [2.45, 2.75) is 20.4 Å². The molecule has 0 atom stereocenters. The van der Waals surface area contributed by atoms with E-state index in [-0.39, 0.29) is 59.2 Å². The topological polar surface area (TPSA) is 248 Å². The number of aryl methyl sites for hydroxylation is 1. The highest BCUT2D eigenvalue weighted by Crippen LogP contribution is 2.47. The lowest BCUT2D eigenvalue weighted by Gasteiger charge is -2.23. The fourth-order valence-electron chi connectivity index (χ4n) is 11.1. The average molecular weight is 1240 g/mol. The minimum absolute atomic E-state index is 0.178. The van der Waals surface area contributed by atoms with E-state index in [1.165, 1.54) is 53.6 Å². The molecule has 0 spiro atoms. The molecule has 2 N–H and O–H groups in total. The number of anilines is 2. The van der Waals surface area contributed by atoms with E-state index in [1.807, 2.05) is 40.3 Å². The molecule has 0 aliphatic carbocycles. The van der Waals surface area contributed by atoms with Crippen LogP contribution in [-0.4, -0.2) is 106 Å². The van der Waals surface area contributed by atoms with E-state index >= 15 is 0 Å². The Labute approximate surface area is 506 Å². The number of aromatic nitrogens is 6. The van der Waals surface area contributed by atoms with Crippen molar-refractivity contribution in [1.29, 1.82) is 0 Å². The second kappa shape index (κ2) is 21.6. The van der Waals surface area contributed by atoms with Gasteiger partial charge in [0.25, 0.3) is 11.8 Å². The smallest absolute Gasteiger partial charge is 0.255 e. The molecule has 450 valence electrons. The Bertz CT molecular complexity index is 5180. The summed E-state index contributed by atoms with van der Waals surface area (Å²) >= 11 is 0. The van der Waals surface area contributed by atoms with Crippen LogP contribution in [0.4, 0.5) is 20.2 Å². The summed E-state index contributed by atoms with van der Waals surface area (Å²) in [5.41, 5.74) is 8.86. The third kappa shape index (κ3) is 9.83. The van der Waals surface area contributed by atoms with E-state index in [9.17, 15) is 35.2 Å². The van der Waals surface area contributed by atoms with Crippen LogP contribution in [0.5, 0.6) is 17.4 Å². The summed E-state index contributed by atoms with van der Waals surface area (Å²) < 4.78 is 116. The maximum absolute atomic E-state index is 14.7. The third-order valence-electron chi connectivity index (χ3n) is 15.8. The van der Waals surface area contributed by atoms with Crippen molar-refractivity contribution < 1.29 is 58.3 Å². The van der Waals surface area contributed by atoms with Gasteiger partial charge in [0.1, 0.15) is 57.2 Å². The van der Waals surface area contributed by atoms with Gasteiger partial charge in [-0.2, -0.15) is 0 Å². The van der Waals surface area contributed by atoms with Crippen molar-refractivity contribution in [3.8, 4) is 85.3 Å². The first-order chi connectivity index (χ1) is 42.6. The number of sulfonamides is 2. The van der Waals surface area contributed by atoms with Crippen LogP contribution in [0.1, 0.15) is 26.4 Å². The van der Waals surface area contributed by atoms with Gasteiger partial charge in [-0.3, -0.25) is 23.2 Å². The summed E-state index contributed by atoms with van der Waals surface area (Å²) in [4.78, 5) is 45.0. The van der Waals surface area contributed by atoms with Crippen molar-refractivity contribution in [2.75, 3.05) is 56.4 Å². The van der Waals surface area contributed by atoms with Crippen LogP contribution in [0, 0.1) is 18.6 Å². The molecule has 25 heteroatoms. The Morgan fingerprint density at radius 1 is 0.584 bits per heavy atom. The normalized spacial score (nSPS) is 12.5. The van der Waals surface area contributed by atoms with Crippen LogP contribution in [-0.2, 0) is 33.5 Å². The number of halogens is 2. The lowest BCUT2D eigenvalue weighted by atomic mass is 10.0. The summed E-state index contributed by atoms with van der Waals surface area (Å²) in [5.74, 6) is 0.438. The third-order valence-corrected chi connectivity index (χ3v) is 18.2. The minimum atomic E-state index is -3.74. The van der Waals surface area contributed by atoms with Gasteiger partial charge in [-0.15, -0.1) is 0 Å². The van der Waals surface area contributed by atoms with E-state index < -0.39 is 26.0 Å². The van der Waals surface area contributed by atoms with Gasteiger partial charge in [-0.25, -0.2) is 40.6 Å². The molecule has 10 heterocycles. The number of fused-ring (bicyclic) bond motifs is 12. The summed E-state index contributed by atoms with van der Waals surface area (Å²) in [6.45, 7) is 2.22. The molecule has 21 nitrogen and oxygen atoms in total. The number of benzene rings is 4.